The summed E-state index contributed by atoms with van der Waals surface area (Å²) in [5.74, 6) is 1.45. The minimum absolute atomic E-state index is 0.248. The molecule has 0 aliphatic heterocycles. The molecular weight excluding hydrogens is 194 g/mol. The zero-order valence-electron chi connectivity index (χ0n) is 8.56. The minimum atomic E-state index is 0.248. The zero-order valence-corrected chi connectivity index (χ0v) is 8.56. The monoisotopic (exact) mass is 205 g/mol. The molecule has 0 radical (unpaired) electrons. The molecule has 4 heteroatoms. The van der Waals surface area contributed by atoms with E-state index in [-0.39, 0.29) is 6.08 Å². The van der Waals surface area contributed by atoms with Crippen molar-refractivity contribution in [2.75, 3.05) is 7.11 Å². The molecule has 0 aliphatic carbocycles. The number of aromatic nitrogens is 1. The van der Waals surface area contributed by atoms with Crippen LogP contribution in [-0.4, -0.2) is 12.1 Å². The van der Waals surface area contributed by atoms with Crippen molar-refractivity contribution < 1.29 is 13.9 Å². The molecule has 0 spiro atoms. The van der Waals surface area contributed by atoms with E-state index in [9.17, 15) is 0 Å². The average molecular weight is 205 g/mol. The molecule has 2 aromatic rings. The Bertz CT molecular complexity index is 433. The first kappa shape index (κ1) is 9.58. The number of benzene rings is 1. The Morgan fingerprint density at radius 3 is 2.33 bits per heavy atom. The average Bonchev–Trinajstić information content (AvgIpc) is 2.65. The smallest absolute Gasteiger partial charge is 0.399 e. The Morgan fingerprint density at radius 2 is 1.80 bits per heavy atom. The fourth-order valence-corrected chi connectivity index (χ4v) is 1.12. The van der Waals surface area contributed by atoms with Gasteiger partial charge in [0.15, 0.2) is 0 Å². The summed E-state index contributed by atoms with van der Waals surface area (Å²) in [6.45, 7) is 1.84. The van der Waals surface area contributed by atoms with E-state index in [1.165, 1.54) is 0 Å². The predicted molar refractivity (Wildman–Crippen MR) is 54.3 cm³/mol. The zero-order chi connectivity index (χ0) is 10.7. The second-order valence-electron chi connectivity index (χ2n) is 3.03. The molecule has 1 heterocycles. The van der Waals surface area contributed by atoms with Crippen molar-refractivity contribution in [1.29, 1.82) is 0 Å². The Labute approximate surface area is 87.5 Å². The van der Waals surface area contributed by atoms with E-state index in [2.05, 4.69) is 4.98 Å². The van der Waals surface area contributed by atoms with Gasteiger partial charge in [0.05, 0.1) is 12.8 Å². The van der Waals surface area contributed by atoms with Crippen molar-refractivity contribution >= 4 is 0 Å². The molecule has 0 fully saturated rings. The molecule has 0 saturated heterocycles. The van der Waals surface area contributed by atoms with Gasteiger partial charge >= 0.3 is 6.08 Å². The summed E-state index contributed by atoms with van der Waals surface area (Å²) >= 11 is 0. The van der Waals surface area contributed by atoms with Gasteiger partial charge in [0.1, 0.15) is 17.8 Å². The largest absolute Gasteiger partial charge is 0.497 e. The summed E-state index contributed by atoms with van der Waals surface area (Å²) in [5, 5.41) is 0. The third-order valence-electron chi connectivity index (χ3n) is 1.86. The van der Waals surface area contributed by atoms with Crippen LogP contribution in [0.15, 0.2) is 34.9 Å². The lowest BCUT2D eigenvalue weighted by Gasteiger charge is -2.01. The molecule has 0 atom stereocenters. The Hall–Kier alpha value is -1.97. The third kappa shape index (κ3) is 2.28. The summed E-state index contributed by atoms with van der Waals surface area (Å²) in [7, 11) is 1.62. The van der Waals surface area contributed by atoms with Crippen LogP contribution in [0.5, 0.6) is 17.6 Å². The molecule has 1 aromatic carbocycles. The number of oxazole rings is 1. The predicted octanol–water partition coefficient (Wildman–Crippen LogP) is 2.78. The normalized spacial score (nSPS) is 10.0. The molecule has 15 heavy (non-hydrogen) atoms. The van der Waals surface area contributed by atoms with E-state index >= 15 is 0 Å². The van der Waals surface area contributed by atoms with Gasteiger partial charge in [-0.25, -0.2) is 0 Å². The summed E-state index contributed by atoms with van der Waals surface area (Å²) < 4.78 is 15.5. The van der Waals surface area contributed by atoms with Gasteiger partial charge in [-0.15, -0.1) is 0 Å². The maximum absolute atomic E-state index is 5.37. The highest BCUT2D eigenvalue weighted by Gasteiger charge is 2.03. The maximum atomic E-state index is 5.37. The van der Waals surface area contributed by atoms with Crippen LogP contribution in [0.4, 0.5) is 0 Å². The van der Waals surface area contributed by atoms with Crippen LogP contribution in [0, 0.1) is 6.92 Å². The number of methoxy groups -OCH3 is 1. The maximum Gasteiger partial charge on any atom is 0.399 e. The van der Waals surface area contributed by atoms with Crippen LogP contribution in [0.3, 0.4) is 0 Å². The first-order valence-electron chi connectivity index (χ1n) is 4.52. The van der Waals surface area contributed by atoms with Crippen LogP contribution in [-0.2, 0) is 0 Å². The number of rotatable bonds is 3. The molecule has 2 rings (SSSR count). The molecule has 78 valence electrons. The van der Waals surface area contributed by atoms with Gasteiger partial charge < -0.3 is 13.9 Å². The number of hydrogen-bond donors (Lipinski definition) is 0. The van der Waals surface area contributed by atoms with Crippen LogP contribution in [0.2, 0.25) is 0 Å². The van der Waals surface area contributed by atoms with Gasteiger partial charge in [-0.2, -0.15) is 4.98 Å². The van der Waals surface area contributed by atoms with E-state index < -0.39 is 0 Å². The van der Waals surface area contributed by atoms with Crippen LogP contribution < -0.4 is 9.47 Å². The minimum Gasteiger partial charge on any atom is -0.497 e. The fourth-order valence-electron chi connectivity index (χ4n) is 1.12. The Balaban J connectivity index is 2.11. The van der Waals surface area contributed by atoms with Crippen molar-refractivity contribution in [3.63, 3.8) is 0 Å². The van der Waals surface area contributed by atoms with Gasteiger partial charge in [-0.3, -0.25) is 0 Å². The van der Waals surface area contributed by atoms with Gasteiger partial charge in [0.25, 0.3) is 0 Å². The van der Waals surface area contributed by atoms with E-state index in [0.717, 1.165) is 11.4 Å². The van der Waals surface area contributed by atoms with Gasteiger partial charge in [0.2, 0.25) is 0 Å². The number of aryl methyl sites for hydroxylation is 1. The molecule has 0 N–H and O–H groups in total. The van der Waals surface area contributed by atoms with Crippen molar-refractivity contribution in [2.24, 2.45) is 0 Å². The lowest BCUT2D eigenvalue weighted by Crippen LogP contribution is -1.85. The first-order chi connectivity index (χ1) is 7.28. The topological polar surface area (TPSA) is 44.5 Å². The molecule has 0 bridgehead atoms. The second kappa shape index (κ2) is 4.04. The van der Waals surface area contributed by atoms with Crippen LogP contribution in [0.1, 0.15) is 5.69 Å². The van der Waals surface area contributed by atoms with E-state index in [1.54, 1.807) is 25.5 Å². The van der Waals surface area contributed by atoms with Gasteiger partial charge in [-0.05, 0) is 31.2 Å². The molecule has 0 aliphatic rings. The lowest BCUT2D eigenvalue weighted by molar-refractivity contribution is 0.330. The highest BCUT2D eigenvalue weighted by molar-refractivity contribution is 5.32. The van der Waals surface area contributed by atoms with E-state index in [1.807, 2.05) is 19.1 Å². The van der Waals surface area contributed by atoms with E-state index in [0.29, 0.717) is 5.75 Å². The molecule has 0 saturated carbocycles. The summed E-state index contributed by atoms with van der Waals surface area (Å²) in [4.78, 5) is 4.03. The first-order valence-corrected chi connectivity index (χ1v) is 4.52. The lowest BCUT2D eigenvalue weighted by atomic mass is 10.3. The summed E-state index contributed by atoms with van der Waals surface area (Å²) in [6, 6.07) is 7.20. The van der Waals surface area contributed by atoms with Gasteiger partial charge in [-0.1, -0.05) is 0 Å². The molecular formula is C11H11NO3. The standard InChI is InChI=1S/C11H11NO3/c1-8-7-14-11(12-8)15-10-5-3-9(13-2)4-6-10/h3-7H,1-2H3. The highest BCUT2D eigenvalue weighted by atomic mass is 16.6. The molecule has 0 unspecified atom stereocenters. The third-order valence-corrected chi connectivity index (χ3v) is 1.86. The van der Waals surface area contributed by atoms with E-state index in [4.69, 9.17) is 13.9 Å². The molecule has 4 nitrogen and oxygen atoms in total. The molecule has 0 amide bonds. The summed E-state index contributed by atoms with van der Waals surface area (Å²) in [6.07, 6.45) is 1.79. The SMILES string of the molecule is COc1ccc(Oc2nc(C)co2)cc1. The van der Waals surface area contributed by atoms with Crippen molar-refractivity contribution in [2.45, 2.75) is 6.92 Å². The van der Waals surface area contributed by atoms with Gasteiger partial charge in [0, 0.05) is 0 Å². The summed E-state index contributed by atoms with van der Waals surface area (Å²) in [5.41, 5.74) is 0.790. The Kier molecular flexibility index (Phi) is 2.58. The van der Waals surface area contributed by atoms with Crippen molar-refractivity contribution in [3.05, 3.63) is 36.2 Å². The number of hydrogen-bond acceptors (Lipinski definition) is 4. The van der Waals surface area contributed by atoms with Crippen LogP contribution >= 0.6 is 0 Å². The van der Waals surface area contributed by atoms with Crippen molar-refractivity contribution in [3.8, 4) is 17.6 Å². The quantitative estimate of drug-likeness (QED) is 0.772. The number of ether oxygens (including phenoxy) is 2. The van der Waals surface area contributed by atoms with Crippen LogP contribution in [0.25, 0.3) is 0 Å². The number of nitrogens with zero attached hydrogens (tertiary/aromatic N) is 1. The second-order valence-corrected chi connectivity index (χ2v) is 3.03. The highest BCUT2D eigenvalue weighted by Crippen LogP contribution is 2.22. The fraction of sp³-hybridized carbons (Fsp3) is 0.182. The molecule has 1 aromatic heterocycles. The Morgan fingerprint density at radius 1 is 1.13 bits per heavy atom. The van der Waals surface area contributed by atoms with Crippen molar-refractivity contribution in [1.82, 2.24) is 4.98 Å².